The van der Waals surface area contributed by atoms with Crippen LogP contribution in [0.3, 0.4) is 0 Å². The number of amides is 1. The fraction of sp³-hybridized carbons (Fsp3) is 0.176. The summed E-state index contributed by atoms with van der Waals surface area (Å²) in [4.78, 5) is 23.1. The summed E-state index contributed by atoms with van der Waals surface area (Å²) >= 11 is 3.31. The highest BCUT2D eigenvalue weighted by atomic mass is 79.9. The Hall–Kier alpha value is -2.34. The Morgan fingerprint density at radius 2 is 1.65 bits per heavy atom. The van der Waals surface area contributed by atoms with Gasteiger partial charge in [0.15, 0.2) is 13.2 Å². The maximum absolute atomic E-state index is 11.6. The van der Waals surface area contributed by atoms with Crippen molar-refractivity contribution in [3.8, 4) is 5.75 Å². The number of hydrogen-bond acceptors (Lipinski definition) is 4. The first-order chi connectivity index (χ1) is 11.1. The molecule has 0 radical (unpaired) electrons. The summed E-state index contributed by atoms with van der Waals surface area (Å²) in [5.74, 6) is -0.396. The molecule has 2 rings (SSSR count). The van der Waals surface area contributed by atoms with Crippen LogP contribution in [-0.4, -0.2) is 25.1 Å². The Kier molecular flexibility index (Phi) is 6.62. The summed E-state index contributed by atoms with van der Waals surface area (Å²) in [5.41, 5.74) is 0.978. The van der Waals surface area contributed by atoms with Gasteiger partial charge in [-0.25, -0.2) is 4.79 Å². The lowest BCUT2D eigenvalue weighted by atomic mass is 10.2. The molecule has 0 saturated carbocycles. The number of ether oxygens (including phenoxy) is 2. The van der Waals surface area contributed by atoms with Crippen LogP contribution in [0, 0.1) is 0 Å². The number of carbonyl (C=O) groups excluding carboxylic acids is 2. The molecule has 5 nitrogen and oxygen atoms in total. The zero-order valence-electron chi connectivity index (χ0n) is 12.3. The molecule has 0 aliphatic rings. The van der Waals surface area contributed by atoms with Gasteiger partial charge in [0.1, 0.15) is 5.75 Å². The minimum atomic E-state index is -0.595. The van der Waals surface area contributed by atoms with Gasteiger partial charge < -0.3 is 14.8 Å². The van der Waals surface area contributed by atoms with E-state index in [1.165, 1.54) is 0 Å². The molecule has 1 amide bonds. The molecule has 0 aromatic heterocycles. The maximum Gasteiger partial charge on any atom is 0.344 e. The third-order valence-electron chi connectivity index (χ3n) is 2.87. The fourth-order valence-corrected chi connectivity index (χ4v) is 1.97. The smallest absolute Gasteiger partial charge is 0.344 e. The molecule has 2 aromatic carbocycles. The van der Waals surface area contributed by atoms with Gasteiger partial charge in [-0.05, 0) is 29.8 Å². The first-order valence-electron chi connectivity index (χ1n) is 6.98. The van der Waals surface area contributed by atoms with Crippen molar-refractivity contribution in [2.75, 3.05) is 13.2 Å². The first-order valence-corrected chi connectivity index (χ1v) is 7.77. The first kappa shape index (κ1) is 17.0. The van der Waals surface area contributed by atoms with Crippen LogP contribution in [0.15, 0.2) is 59.1 Å². The van der Waals surface area contributed by atoms with Gasteiger partial charge in [0.2, 0.25) is 0 Å². The molecule has 0 aliphatic heterocycles. The zero-order chi connectivity index (χ0) is 16.5. The van der Waals surface area contributed by atoms with Crippen LogP contribution in [0.1, 0.15) is 5.56 Å². The lowest BCUT2D eigenvalue weighted by Crippen LogP contribution is -2.29. The van der Waals surface area contributed by atoms with Gasteiger partial charge in [0, 0.05) is 11.0 Å². The van der Waals surface area contributed by atoms with Crippen LogP contribution in [0.2, 0.25) is 0 Å². The van der Waals surface area contributed by atoms with Crippen molar-refractivity contribution in [3.05, 3.63) is 64.6 Å². The summed E-state index contributed by atoms with van der Waals surface area (Å²) in [6.07, 6.45) is 0. The summed E-state index contributed by atoms with van der Waals surface area (Å²) in [6.45, 7) is -0.171. The van der Waals surface area contributed by atoms with Crippen LogP contribution in [0.25, 0.3) is 0 Å². The van der Waals surface area contributed by atoms with Gasteiger partial charge >= 0.3 is 5.97 Å². The molecule has 6 heteroatoms. The topological polar surface area (TPSA) is 64.6 Å². The predicted octanol–water partition coefficient (Wildman–Crippen LogP) is 2.69. The molecule has 0 heterocycles. The largest absolute Gasteiger partial charge is 0.482 e. The van der Waals surface area contributed by atoms with Crippen LogP contribution in [0.5, 0.6) is 5.75 Å². The van der Waals surface area contributed by atoms with Gasteiger partial charge in [0.05, 0.1) is 0 Å². The second-order valence-electron chi connectivity index (χ2n) is 4.67. The van der Waals surface area contributed by atoms with E-state index in [0.717, 1.165) is 10.0 Å². The second kappa shape index (κ2) is 8.95. The average molecular weight is 378 g/mol. The van der Waals surface area contributed by atoms with Crippen molar-refractivity contribution in [2.24, 2.45) is 0 Å². The highest BCUT2D eigenvalue weighted by Crippen LogP contribution is 2.15. The SMILES string of the molecule is O=C(COC(=O)COc1ccc(Br)cc1)NCc1ccccc1. The molecular weight excluding hydrogens is 362 g/mol. The molecule has 1 N–H and O–H groups in total. The number of hydrogen-bond donors (Lipinski definition) is 1. The quantitative estimate of drug-likeness (QED) is 0.753. The van der Waals surface area contributed by atoms with Gasteiger partial charge in [-0.1, -0.05) is 46.3 Å². The number of nitrogens with one attached hydrogen (secondary N) is 1. The molecule has 0 atom stereocenters. The zero-order valence-corrected chi connectivity index (χ0v) is 13.9. The average Bonchev–Trinajstić information content (AvgIpc) is 2.58. The Morgan fingerprint density at radius 1 is 0.957 bits per heavy atom. The molecule has 0 aliphatic carbocycles. The summed E-state index contributed by atoms with van der Waals surface area (Å²) in [7, 11) is 0. The van der Waals surface area contributed by atoms with E-state index in [2.05, 4.69) is 21.2 Å². The fourth-order valence-electron chi connectivity index (χ4n) is 1.71. The minimum Gasteiger partial charge on any atom is -0.482 e. The molecule has 0 bridgehead atoms. The van der Waals surface area contributed by atoms with E-state index in [-0.39, 0.29) is 19.1 Å². The summed E-state index contributed by atoms with van der Waals surface area (Å²) < 4.78 is 11.0. The molecule has 0 spiro atoms. The summed E-state index contributed by atoms with van der Waals surface area (Å²) in [5, 5.41) is 2.67. The number of rotatable bonds is 7. The summed E-state index contributed by atoms with van der Waals surface area (Å²) in [6, 6.07) is 16.5. The number of halogens is 1. The normalized spacial score (nSPS) is 9.96. The van der Waals surface area contributed by atoms with E-state index in [0.29, 0.717) is 12.3 Å². The highest BCUT2D eigenvalue weighted by molar-refractivity contribution is 9.10. The van der Waals surface area contributed by atoms with Crippen molar-refractivity contribution < 1.29 is 19.1 Å². The standard InChI is InChI=1S/C17H16BrNO4/c18-14-6-8-15(9-7-14)22-12-17(21)23-11-16(20)19-10-13-4-2-1-3-5-13/h1-9H,10-12H2,(H,19,20). The van der Waals surface area contributed by atoms with Crippen LogP contribution >= 0.6 is 15.9 Å². The lowest BCUT2D eigenvalue weighted by molar-refractivity contribution is -0.150. The number of carbonyl (C=O) groups is 2. The van der Waals surface area contributed by atoms with E-state index >= 15 is 0 Å². The van der Waals surface area contributed by atoms with E-state index in [1.807, 2.05) is 30.3 Å². The van der Waals surface area contributed by atoms with Crippen molar-refractivity contribution in [1.29, 1.82) is 0 Å². The van der Waals surface area contributed by atoms with Crippen molar-refractivity contribution >= 4 is 27.8 Å². The van der Waals surface area contributed by atoms with Crippen LogP contribution in [0.4, 0.5) is 0 Å². The monoisotopic (exact) mass is 377 g/mol. The Morgan fingerprint density at radius 3 is 2.35 bits per heavy atom. The third-order valence-corrected chi connectivity index (χ3v) is 3.40. The van der Waals surface area contributed by atoms with Gasteiger partial charge in [-0.2, -0.15) is 0 Å². The molecule has 23 heavy (non-hydrogen) atoms. The maximum atomic E-state index is 11.6. The Balaban J connectivity index is 1.63. The van der Waals surface area contributed by atoms with Crippen molar-refractivity contribution in [2.45, 2.75) is 6.54 Å². The molecule has 120 valence electrons. The highest BCUT2D eigenvalue weighted by Gasteiger charge is 2.08. The van der Waals surface area contributed by atoms with Crippen LogP contribution < -0.4 is 10.1 Å². The van der Waals surface area contributed by atoms with E-state index in [9.17, 15) is 9.59 Å². The second-order valence-corrected chi connectivity index (χ2v) is 5.58. The molecule has 0 unspecified atom stereocenters. The molecule has 0 saturated heterocycles. The predicted molar refractivity (Wildman–Crippen MR) is 88.9 cm³/mol. The Bertz CT molecular complexity index is 643. The van der Waals surface area contributed by atoms with Gasteiger partial charge in [-0.3, -0.25) is 4.79 Å². The van der Waals surface area contributed by atoms with Crippen molar-refractivity contribution in [3.63, 3.8) is 0 Å². The van der Waals surface area contributed by atoms with Crippen molar-refractivity contribution in [1.82, 2.24) is 5.32 Å². The van der Waals surface area contributed by atoms with E-state index < -0.39 is 5.97 Å². The Labute approximate surface area is 142 Å². The number of benzene rings is 2. The molecular formula is C17H16BrNO4. The van der Waals surface area contributed by atoms with Gasteiger partial charge in [-0.15, -0.1) is 0 Å². The molecule has 2 aromatic rings. The van der Waals surface area contributed by atoms with E-state index in [1.54, 1.807) is 24.3 Å². The number of esters is 1. The van der Waals surface area contributed by atoms with E-state index in [4.69, 9.17) is 9.47 Å². The molecule has 0 fully saturated rings. The minimum absolute atomic E-state index is 0.242. The lowest BCUT2D eigenvalue weighted by Gasteiger charge is -2.08. The van der Waals surface area contributed by atoms with Gasteiger partial charge in [0.25, 0.3) is 5.91 Å². The third kappa shape index (κ3) is 6.52. The van der Waals surface area contributed by atoms with Crippen LogP contribution in [-0.2, 0) is 20.9 Å².